The van der Waals surface area contributed by atoms with E-state index in [1.807, 2.05) is 0 Å². The molecule has 5 nitrogen and oxygen atoms in total. The molecular formula is C15H10Cl2FN3O2. The molecule has 23 heavy (non-hydrogen) atoms. The first-order chi connectivity index (χ1) is 11.0. The molecule has 3 rings (SSSR count). The lowest BCUT2D eigenvalue weighted by atomic mass is 10.2. The van der Waals surface area contributed by atoms with Crippen LogP contribution in [0.4, 0.5) is 10.2 Å². The summed E-state index contributed by atoms with van der Waals surface area (Å²) in [6, 6.07) is 7.53. The van der Waals surface area contributed by atoms with Crippen molar-refractivity contribution in [3.05, 3.63) is 70.0 Å². The van der Waals surface area contributed by atoms with Gasteiger partial charge in [-0.25, -0.2) is 4.39 Å². The van der Waals surface area contributed by atoms with Gasteiger partial charge in [0.15, 0.2) is 11.6 Å². The van der Waals surface area contributed by atoms with Gasteiger partial charge in [-0.3, -0.25) is 9.48 Å². The minimum absolute atomic E-state index is 0.0852. The minimum Gasteiger partial charge on any atom is -0.459 e. The van der Waals surface area contributed by atoms with Crippen LogP contribution in [0.15, 0.2) is 47.2 Å². The van der Waals surface area contributed by atoms with Crippen LogP contribution in [0.3, 0.4) is 0 Å². The van der Waals surface area contributed by atoms with Gasteiger partial charge in [-0.05, 0) is 24.3 Å². The third-order valence-electron chi connectivity index (χ3n) is 3.08. The predicted octanol–water partition coefficient (Wildman–Crippen LogP) is 4.22. The molecule has 118 valence electrons. The lowest BCUT2D eigenvalue weighted by Gasteiger charge is -2.05. The molecule has 0 bridgehead atoms. The number of furan rings is 1. The molecule has 0 aliphatic heterocycles. The van der Waals surface area contributed by atoms with E-state index in [0.717, 1.165) is 0 Å². The van der Waals surface area contributed by atoms with Crippen LogP contribution >= 0.6 is 23.2 Å². The fourth-order valence-corrected chi connectivity index (χ4v) is 2.41. The smallest absolute Gasteiger partial charge is 0.292 e. The average Bonchev–Trinajstić information content (AvgIpc) is 3.14. The zero-order valence-electron chi connectivity index (χ0n) is 11.6. The van der Waals surface area contributed by atoms with E-state index in [4.69, 9.17) is 27.6 Å². The molecule has 0 saturated carbocycles. The van der Waals surface area contributed by atoms with Gasteiger partial charge in [0.05, 0.1) is 12.8 Å². The molecule has 2 aromatic heterocycles. The Morgan fingerprint density at radius 2 is 2.09 bits per heavy atom. The highest BCUT2D eigenvalue weighted by Gasteiger charge is 2.15. The number of benzene rings is 1. The zero-order valence-corrected chi connectivity index (χ0v) is 13.1. The van der Waals surface area contributed by atoms with E-state index in [2.05, 4.69) is 10.4 Å². The van der Waals surface area contributed by atoms with Crippen LogP contribution in [0, 0.1) is 5.82 Å². The second-order valence-electron chi connectivity index (χ2n) is 4.65. The SMILES string of the molecule is O=C(Nc1nn(Cc2c(F)cccc2Cl)cc1Cl)c1ccco1. The first-order valence-electron chi connectivity index (χ1n) is 6.55. The Kier molecular flexibility index (Phi) is 4.36. The highest BCUT2D eigenvalue weighted by molar-refractivity contribution is 6.33. The molecule has 8 heteroatoms. The van der Waals surface area contributed by atoms with Crippen molar-refractivity contribution in [2.75, 3.05) is 5.32 Å². The summed E-state index contributed by atoms with van der Waals surface area (Å²) in [4.78, 5) is 11.9. The number of nitrogens with zero attached hydrogens (tertiary/aromatic N) is 2. The van der Waals surface area contributed by atoms with E-state index < -0.39 is 11.7 Å². The lowest BCUT2D eigenvalue weighted by molar-refractivity contribution is 0.0996. The fraction of sp³-hybridized carbons (Fsp3) is 0.0667. The summed E-state index contributed by atoms with van der Waals surface area (Å²) in [7, 11) is 0. The third kappa shape index (κ3) is 3.38. The number of halogens is 3. The van der Waals surface area contributed by atoms with Crippen LogP contribution in [-0.4, -0.2) is 15.7 Å². The van der Waals surface area contributed by atoms with Crippen LogP contribution in [-0.2, 0) is 6.54 Å². The van der Waals surface area contributed by atoms with E-state index in [9.17, 15) is 9.18 Å². The van der Waals surface area contributed by atoms with Gasteiger partial charge < -0.3 is 9.73 Å². The number of aromatic nitrogens is 2. The Labute approximate surface area is 140 Å². The molecule has 3 aromatic rings. The largest absolute Gasteiger partial charge is 0.459 e. The quantitative estimate of drug-likeness (QED) is 0.763. The molecule has 0 aliphatic carbocycles. The van der Waals surface area contributed by atoms with Crippen molar-refractivity contribution in [2.24, 2.45) is 0 Å². The topological polar surface area (TPSA) is 60.1 Å². The number of hydrogen-bond acceptors (Lipinski definition) is 3. The normalized spacial score (nSPS) is 10.7. The molecule has 2 heterocycles. The Hall–Kier alpha value is -2.31. The highest BCUT2D eigenvalue weighted by atomic mass is 35.5. The van der Waals surface area contributed by atoms with E-state index in [1.54, 1.807) is 12.1 Å². The Morgan fingerprint density at radius 3 is 2.78 bits per heavy atom. The number of hydrogen-bond donors (Lipinski definition) is 1. The molecule has 1 amide bonds. The first kappa shape index (κ1) is 15.6. The number of carbonyl (C=O) groups excluding carboxylic acids is 1. The molecule has 0 unspecified atom stereocenters. The van der Waals surface area contributed by atoms with Crippen LogP contribution < -0.4 is 5.32 Å². The average molecular weight is 354 g/mol. The van der Waals surface area contributed by atoms with Gasteiger partial charge in [0, 0.05) is 16.8 Å². The molecule has 0 spiro atoms. The maximum Gasteiger partial charge on any atom is 0.292 e. The monoisotopic (exact) mass is 353 g/mol. The number of nitrogens with one attached hydrogen (secondary N) is 1. The molecule has 0 aliphatic rings. The maximum atomic E-state index is 13.8. The zero-order chi connectivity index (χ0) is 16.4. The summed E-state index contributed by atoms with van der Waals surface area (Å²) >= 11 is 12.0. The van der Waals surface area contributed by atoms with E-state index in [0.29, 0.717) is 0 Å². The standard InChI is InChI=1S/C15H10Cl2FN3O2/c16-10-3-1-4-12(18)9(10)7-21-8-11(17)14(20-21)19-15(22)13-5-2-6-23-13/h1-6,8H,7H2,(H,19,20,22). The number of anilines is 1. The maximum absolute atomic E-state index is 13.8. The molecule has 0 atom stereocenters. The molecule has 1 N–H and O–H groups in total. The molecular weight excluding hydrogens is 344 g/mol. The van der Waals surface area contributed by atoms with E-state index in [-0.39, 0.29) is 33.7 Å². The second-order valence-corrected chi connectivity index (χ2v) is 5.47. The lowest BCUT2D eigenvalue weighted by Crippen LogP contribution is -2.12. The Morgan fingerprint density at radius 1 is 1.26 bits per heavy atom. The second kappa shape index (κ2) is 6.44. The summed E-state index contributed by atoms with van der Waals surface area (Å²) in [5.41, 5.74) is 0.289. The van der Waals surface area contributed by atoms with Gasteiger partial charge in [-0.2, -0.15) is 5.10 Å². The highest BCUT2D eigenvalue weighted by Crippen LogP contribution is 2.24. The van der Waals surface area contributed by atoms with Gasteiger partial charge in [-0.15, -0.1) is 0 Å². The van der Waals surface area contributed by atoms with Crippen molar-refractivity contribution in [3.8, 4) is 0 Å². The van der Waals surface area contributed by atoms with Crippen LogP contribution in [0.1, 0.15) is 16.1 Å². The summed E-state index contributed by atoms with van der Waals surface area (Å²) in [5.74, 6) is -0.635. The summed E-state index contributed by atoms with van der Waals surface area (Å²) in [6.07, 6.45) is 2.86. The third-order valence-corrected chi connectivity index (χ3v) is 3.71. The van der Waals surface area contributed by atoms with Gasteiger partial charge in [0.25, 0.3) is 5.91 Å². The van der Waals surface area contributed by atoms with Crippen molar-refractivity contribution in [3.63, 3.8) is 0 Å². The summed E-state index contributed by atoms with van der Waals surface area (Å²) in [5, 5.41) is 7.16. The number of amides is 1. The van der Waals surface area contributed by atoms with Crippen LogP contribution in [0.25, 0.3) is 0 Å². The van der Waals surface area contributed by atoms with Crippen LogP contribution in [0.5, 0.6) is 0 Å². The molecule has 0 radical (unpaired) electrons. The predicted molar refractivity (Wildman–Crippen MR) is 84.4 cm³/mol. The first-order valence-corrected chi connectivity index (χ1v) is 7.31. The summed E-state index contributed by atoms with van der Waals surface area (Å²) < 4.78 is 20.2. The van der Waals surface area contributed by atoms with Crippen molar-refractivity contribution >= 4 is 34.9 Å². The van der Waals surface area contributed by atoms with Crippen molar-refractivity contribution < 1.29 is 13.6 Å². The molecule has 0 fully saturated rings. The fourth-order valence-electron chi connectivity index (χ4n) is 1.99. The van der Waals surface area contributed by atoms with Crippen molar-refractivity contribution in [1.82, 2.24) is 9.78 Å². The number of carbonyl (C=O) groups is 1. The molecule has 1 aromatic carbocycles. The van der Waals surface area contributed by atoms with Crippen molar-refractivity contribution in [1.29, 1.82) is 0 Å². The van der Waals surface area contributed by atoms with Crippen molar-refractivity contribution in [2.45, 2.75) is 6.54 Å². The van der Waals surface area contributed by atoms with Crippen LogP contribution in [0.2, 0.25) is 10.0 Å². The van der Waals surface area contributed by atoms with E-state index >= 15 is 0 Å². The number of rotatable bonds is 4. The molecule has 0 saturated heterocycles. The summed E-state index contributed by atoms with van der Waals surface area (Å²) in [6.45, 7) is 0.0852. The van der Waals surface area contributed by atoms with Gasteiger partial charge >= 0.3 is 0 Å². The van der Waals surface area contributed by atoms with Gasteiger partial charge in [-0.1, -0.05) is 29.3 Å². The Bertz CT molecular complexity index is 826. The minimum atomic E-state index is -0.480. The van der Waals surface area contributed by atoms with E-state index in [1.165, 1.54) is 35.3 Å². The Balaban J connectivity index is 1.80. The van der Waals surface area contributed by atoms with Gasteiger partial charge in [0.2, 0.25) is 0 Å². The van der Waals surface area contributed by atoms with Gasteiger partial charge in [0.1, 0.15) is 10.8 Å².